The number of azo groups is 2. The lowest BCUT2D eigenvalue weighted by molar-refractivity contribution is -0.126. The largest absolute Gasteiger partial charge is 0.495 e. The highest BCUT2D eigenvalue weighted by Crippen LogP contribution is 2.36. The van der Waals surface area contributed by atoms with Gasteiger partial charge in [-0.05, 0) is 97.9 Å². The third-order valence-corrected chi connectivity index (χ3v) is 11.4. The molecule has 0 aliphatic rings. The molecule has 5 aromatic carbocycles. The van der Waals surface area contributed by atoms with Crippen molar-refractivity contribution in [2.45, 2.75) is 41.5 Å². The molecular weight excluding hydrogens is 877 g/mol. The zero-order valence-corrected chi connectivity index (χ0v) is 35.2. The van der Waals surface area contributed by atoms with Gasteiger partial charge in [-0.2, -0.15) is 45.7 Å². The number of carbonyl (C=O) groups is 3. The maximum atomic E-state index is 13.3. The minimum Gasteiger partial charge on any atom is -0.495 e. The molecule has 0 radical (unpaired) electrons. The summed E-state index contributed by atoms with van der Waals surface area (Å²) < 4.78 is 110. The van der Waals surface area contributed by atoms with Gasteiger partial charge in [-0.25, -0.2) is 0 Å². The summed E-state index contributed by atoms with van der Waals surface area (Å²) in [5.74, 6) is -2.24. The molecule has 24 heteroatoms. The van der Waals surface area contributed by atoms with Gasteiger partial charge in [-0.15, -0.1) is 0 Å². The van der Waals surface area contributed by atoms with Gasteiger partial charge in [0.25, 0.3) is 42.2 Å². The number of Topliss-reactive ketones (excluding diaryl/α,β-unsaturated/α-hetero) is 1. The highest BCUT2D eigenvalue weighted by atomic mass is 32.2. The SMILES string of the molecule is COc1cc(S(=O)(=O)O)c(C)cc1NC(=O)C(/N=N/c1ccc(C(=O)Nc2cc(C)c(/N=N/c3ccc4cc(S(=O)(=O)O)cc(S(=O)(=O)O)c4c3)cc2OCCO)cc1)C(C)=O. The molecule has 0 heterocycles. The van der Waals surface area contributed by atoms with Crippen LogP contribution in [0.15, 0.2) is 114 Å². The molecule has 0 saturated carbocycles. The number of anilines is 2. The average Bonchev–Trinajstić information content (AvgIpc) is 3.18. The summed E-state index contributed by atoms with van der Waals surface area (Å²) in [6.07, 6.45) is 0. The van der Waals surface area contributed by atoms with Crippen molar-refractivity contribution >= 4 is 87.2 Å². The first-order valence-electron chi connectivity index (χ1n) is 17.6. The molecule has 0 spiro atoms. The Labute approximate surface area is 353 Å². The molecule has 0 aliphatic heterocycles. The number of carbonyl (C=O) groups excluding carboxylic acids is 3. The summed E-state index contributed by atoms with van der Waals surface area (Å²) in [6.45, 7) is 3.57. The minimum absolute atomic E-state index is 0.00137. The van der Waals surface area contributed by atoms with Crippen LogP contribution in [0.3, 0.4) is 0 Å². The highest BCUT2D eigenvalue weighted by Gasteiger charge is 2.26. The van der Waals surface area contributed by atoms with Crippen molar-refractivity contribution in [1.29, 1.82) is 0 Å². The summed E-state index contributed by atoms with van der Waals surface area (Å²) in [4.78, 5) is 36.8. The van der Waals surface area contributed by atoms with E-state index < -0.39 is 68.7 Å². The standard InChI is InChI=1S/C38H36N6O15S3/c1-20-13-31(33(59-12-11-45)18-29(20)43-42-26-10-7-24-15-27(60(49,50)51)17-35(28(24)16-26)62(55,56)57)39-37(47)23-5-8-25(9-6-23)41-44-36(22(3)46)38(48)40-30-14-21(2)34(61(52,53)54)19-32(30)58-4/h5-10,13-19,36,45H,11-12H2,1-4H3,(H,39,47)(H,40,48)(H,49,50,51)(H,52,53,54)(H,55,56,57)/b43-42+,44-41+. The zero-order valence-electron chi connectivity index (χ0n) is 32.8. The number of methoxy groups -OCH3 is 1. The Kier molecular flexibility index (Phi) is 14.0. The number of benzene rings is 5. The Balaban J connectivity index is 1.33. The van der Waals surface area contributed by atoms with E-state index in [1.165, 1.54) is 74.7 Å². The van der Waals surface area contributed by atoms with Crippen LogP contribution in [0.25, 0.3) is 10.8 Å². The van der Waals surface area contributed by atoms with Crippen molar-refractivity contribution < 1.29 is 67.9 Å². The predicted octanol–water partition coefficient (Wildman–Crippen LogP) is 5.92. The van der Waals surface area contributed by atoms with Gasteiger partial charge in [0.2, 0.25) is 6.04 Å². The summed E-state index contributed by atoms with van der Waals surface area (Å²) in [5.41, 5.74) is 1.35. The Morgan fingerprint density at radius 1 is 0.694 bits per heavy atom. The fraction of sp³-hybridized carbons (Fsp3) is 0.184. The Morgan fingerprint density at radius 2 is 1.32 bits per heavy atom. The van der Waals surface area contributed by atoms with Crippen LogP contribution < -0.4 is 20.1 Å². The third-order valence-electron chi connectivity index (χ3n) is 8.70. The van der Waals surface area contributed by atoms with Gasteiger partial charge in [-0.1, -0.05) is 6.07 Å². The number of nitrogens with zero attached hydrogens (tertiary/aromatic N) is 4. The summed E-state index contributed by atoms with van der Waals surface area (Å²) in [6, 6.07) is 14.6. The number of ketones is 1. The summed E-state index contributed by atoms with van der Waals surface area (Å²) in [5, 5.41) is 30.7. The normalized spacial score (nSPS) is 12.7. The van der Waals surface area contributed by atoms with Gasteiger partial charge in [0.1, 0.15) is 27.9 Å². The van der Waals surface area contributed by atoms with Gasteiger partial charge in [0.15, 0.2) is 5.78 Å². The minimum atomic E-state index is -4.96. The predicted molar refractivity (Wildman–Crippen MR) is 221 cm³/mol. The second kappa shape index (κ2) is 18.6. The number of rotatable bonds is 16. The van der Waals surface area contributed by atoms with Gasteiger partial charge in [0.05, 0.1) is 47.0 Å². The molecule has 0 aromatic heterocycles. The van der Waals surface area contributed by atoms with Crippen molar-refractivity contribution in [1.82, 2.24) is 0 Å². The van der Waals surface area contributed by atoms with Crippen molar-refractivity contribution in [2.75, 3.05) is 31.0 Å². The number of nitrogens with one attached hydrogen (secondary N) is 2. The first kappa shape index (κ1) is 46.5. The molecule has 0 saturated heterocycles. The lowest BCUT2D eigenvalue weighted by Gasteiger charge is -2.15. The van der Waals surface area contributed by atoms with Crippen molar-refractivity contribution in [3.8, 4) is 11.5 Å². The molecule has 5 aromatic rings. The fourth-order valence-corrected chi connectivity index (χ4v) is 7.78. The molecule has 1 atom stereocenters. The number of aliphatic hydroxyl groups excluding tert-OH is 1. The van der Waals surface area contributed by atoms with E-state index in [1.807, 2.05) is 0 Å². The number of amides is 2. The zero-order chi connectivity index (χ0) is 45.7. The average molecular weight is 913 g/mol. The lowest BCUT2D eigenvalue weighted by Crippen LogP contribution is -2.32. The fourth-order valence-electron chi connectivity index (χ4n) is 5.71. The number of ether oxygens (including phenoxy) is 2. The van der Waals surface area contributed by atoms with Crippen LogP contribution in [-0.4, -0.2) is 88.0 Å². The van der Waals surface area contributed by atoms with E-state index >= 15 is 0 Å². The van der Waals surface area contributed by atoms with Gasteiger partial charge in [0, 0.05) is 23.1 Å². The number of fused-ring (bicyclic) bond motifs is 1. The molecule has 0 fully saturated rings. The van der Waals surface area contributed by atoms with E-state index in [1.54, 1.807) is 6.92 Å². The maximum absolute atomic E-state index is 13.3. The Hall–Kier alpha value is -6.54. The van der Waals surface area contributed by atoms with E-state index in [4.69, 9.17) is 9.47 Å². The maximum Gasteiger partial charge on any atom is 0.295 e. The van der Waals surface area contributed by atoms with Crippen LogP contribution in [0.2, 0.25) is 0 Å². The molecular formula is C38H36N6O15S3. The van der Waals surface area contributed by atoms with Crippen LogP contribution in [0.5, 0.6) is 11.5 Å². The number of aliphatic hydroxyl groups is 1. The quantitative estimate of drug-likeness (QED) is 0.0380. The topological polar surface area (TPSA) is 327 Å². The highest BCUT2D eigenvalue weighted by molar-refractivity contribution is 7.87. The van der Waals surface area contributed by atoms with Crippen molar-refractivity contribution in [3.63, 3.8) is 0 Å². The smallest absolute Gasteiger partial charge is 0.295 e. The van der Waals surface area contributed by atoms with Crippen LogP contribution in [0, 0.1) is 13.8 Å². The Morgan fingerprint density at radius 3 is 1.92 bits per heavy atom. The number of aryl methyl sites for hydroxylation is 2. The molecule has 2 amide bonds. The molecule has 0 bridgehead atoms. The first-order chi connectivity index (χ1) is 29.0. The molecule has 326 valence electrons. The van der Waals surface area contributed by atoms with Crippen LogP contribution in [0.1, 0.15) is 28.4 Å². The van der Waals surface area contributed by atoms with Crippen molar-refractivity contribution in [2.24, 2.45) is 20.5 Å². The number of hydrogen-bond donors (Lipinski definition) is 6. The van der Waals surface area contributed by atoms with E-state index in [9.17, 15) is 58.4 Å². The third kappa shape index (κ3) is 11.2. The molecule has 0 aliphatic carbocycles. The number of hydrogen-bond acceptors (Lipinski definition) is 16. The summed E-state index contributed by atoms with van der Waals surface area (Å²) >= 11 is 0. The van der Waals surface area contributed by atoms with E-state index in [0.717, 1.165) is 19.1 Å². The monoisotopic (exact) mass is 912 g/mol. The van der Waals surface area contributed by atoms with Crippen LogP contribution in [0.4, 0.5) is 28.4 Å². The van der Waals surface area contributed by atoms with E-state index in [2.05, 4.69) is 31.1 Å². The van der Waals surface area contributed by atoms with E-state index in [-0.39, 0.29) is 75.0 Å². The first-order valence-corrected chi connectivity index (χ1v) is 21.9. The summed E-state index contributed by atoms with van der Waals surface area (Å²) in [7, 11) is -13.2. The Bertz CT molecular complexity index is 3010. The lowest BCUT2D eigenvalue weighted by atomic mass is 10.1. The molecule has 5 rings (SSSR count). The van der Waals surface area contributed by atoms with Gasteiger partial charge < -0.3 is 25.2 Å². The second-order valence-electron chi connectivity index (χ2n) is 13.2. The van der Waals surface area contributed by atoms with Gasteiger partial charge >= 0.3 is 0 Å². The molecule has 21 nitrogen and oxygen atoms in total. The second-order valence-corrected chi connectivity index (χ2v) is 17.4. The molecule has 1 unspecified atom stereocenters. The van der Waals surface area contributed by atoms with E-state index in [0.29, 0.717) is 11.6 Å². The van der Waals surface area contributed by atoms with Crippen LogP contribution in [-0.2, 0) is 39.9 Å². The molecule has 62 heavy (non-hydrogen) atoms. The molecule has 6 N–H and O–H groups in total. The van der Waals surface area contributed by atoms with Gasteiger partial charge in [-0.3, -0.25) is 28.0 Å². The van der Waals surface area contributed by atoms with Crippen LogP contribution >= 0.6 is 0 Å². The van der Waals surface area contributed by atoms with Crippen molar-refractivity contribution in [3.05, 3.63) is 95.6 Å².